The molecule has 5 heteroatoms. The second-order valence-corrected chi connectivity index (χ2v) is 0.447. The summed E-state index contributed by atoms with van der Waals surface area (Å²) in [5, 5.41) is 15.2. The van der Waals surface area contributed by atoms with Crippen LogP contribution in [0.5, 0.6) is 0 Å². The number of aliphatic hydroxyl groups excluding tert-OH is 2. The Bertz CT molecular complexity index is 17.7. The summed E-state index contributed by atoms with van der Waals surface area (Å²) in [6.45, 7) is -0.250. The third-order valence-electron chi connectivity index (χ3n) is 0.1000. The van der Waals surface area contributed by atoms with Crippen LogP contribution in [0.4, 0.5) is 0 Å². The van der Waals surface area contributed by atoms with Crippen molar-refractivity contribution < 1.29 is 68.5 Å². The predicted octanol–water partition coefficient (Wildman–Crippen LogP) is -1.04. The largest absolute Gasteiger partial charge is 0.394 e. The third kappa shape index (κ3) is 33.7. The summed E-state index contributed by atoms with van der Waals surface area (Å²) in [4.78, 5) is 0. The summed E-state index contributed by atoms with van der Waals surface area (Å²) in [6, 6.07) is 0. The van der Waals surface area contributed by atoms with Gasteiger partial charge in [0.15, 0.2) is 0 Å². The molecular formula is C2H6FeO2TiZn. The van der Waals surface area contributed by atoms with Gasteiger partial charge in [-0.3, -0.25) is 0 Å². The normalized spacial score (nSPS) is 4.29. The average molecular weight is 231 g/mol. The van der Waals surface area contributed by atoms with E-state index in [1.165, 1.54) is 0 Å². The summed E-state index contributed by atoms with van der Waals surface area (Å²) in [5.41, 5.74) is 0. The van der Waals surface area contributed by atoms with E-state index in [4.69, 9.17) is 10.2 Å². The molecule has 0 heterocycles. The Morgan fingerprint density at radius 3 is 1.14 bits per heavy atom. The van der Waals surface area contributed by atoms with E-state index in [0.717, 1.165) is 0 Å². The monoisotopic (exact) mass is 230 g/mol. The van der Waals surface area contributed by atoms with Gasteiger partial charge in [-0.2, -0.15) is 0 Å². The molecule has 2 N–H and O–H groups in total. The molecule has 0 saturated heterocycles. The molecule has 0 atom stereocenters. The van der Waals surface area contributed by atoms with Crippen molar-refractivity contribution in [3.8, 4) is 0 Å². The van der Waals surface area contributed by atoms with Crippen LogP contribution in [0.15, 0.2) is 0 Å². The Morgan fingerprint density at radius 1 is 1.00 bits per heavy atom. The van der Waals surface area contributed by atoms with Gasteiger partial charge in [-0.1, -0.05) is 0 Å². The van der Waals surface area contributed by atoms with Crippen molar-refractivity contribution in [3.63, 3.8) is 0 Å². The van der Waals surface area contributed by atoms with Gasteiger partial charge in [0.1, 0.15) is 0 Å². The minimum absolute atomic E-state index is 0. The van der Waals surface area contributed by atoms with Crippen LogP contribution in [0, 0.1) is 0 Å². The van der Waals surface area contributed by atoms with Crippen LogP contribution >= 0.6 is 0 Å². The molecule has 0 saturated carbocycles. The van der Waals surface area contributed by atoms with Crippen LogP contribution in [-0.4, -0.2) is 23.4 Å². The molecule has 0 aliphatic heterocycles. The van der Waals surface area contributed by atoms with E-state index in [-0.39, 0.29) is 71.5 Å². The van der Waals surface area contributed by atoms with Crippen molar-refractivity contribution in [3.05, 3.63) is 0 Å². The standard InChI is InChI=1S/C2H6O2.Fe.Ti.Zn/c3-1-2-4;;;/h3-4H,1-2H2;;;. The molecule has 0 radical (unpaired) electrons. The van der Waals surface area contributed by atoms with E-state index in [0.29, 0.717) is 0 Å². The zero-order valence-corrected chi connectivity index (χ0v) is 9.50. The Hall–Kier alpha value is 1.78. The van der Waals surface area contributed by atoms with Gasteiger partial charge in [0, 0.05) is 58.3 Å². The Labute approximate surface area is 81.2 Å². The molecular weight excluding hydrogens is 225 g/mol. The van der Waals surface area contributed by atoms with E-state index in [1.54, 1.807) is 0 Å². The first-order chi connectivity index (χ1) is 1.91. The molecule has 40 valence electrons. The van der Waals surface area contributed by atoms with Crippen LogP contribution in [-0.2, 0) is 58.3 Å². The number of aliphatic hydroxyl groups is 2. The first-order valence-corrected chi connectivity index (χ1v) is 1.13. The van der Waals surface area contributed by atoms with E-state index in [2.05, 4.69) is 0 Å². The summed E-state index contributed by atoms with van der Waals surface area (Å²) < 4.78 is 0. The van der Waals surface area contributed by atoms with Gasteiger partial charge in [-0.25, -0.2) is 0 Å². The smallest absolute Gasteiger partial charge is 0.0662 e. The third-order valence-corrected chi connectivity index (χ3v) is 0.1000. The number of rotatable bonds is 1. The maximum absolute atomic E-state index is 7.62. The topological polar surface area (TPSA) is 40.5 Å². The SMILES string of the molecule is OCCO.[Fe].[Ti].[Zn]. The second-order valence-electron chi connectivity index (χ2n) is 0.447. The van der Waals surface area contributed by atoms with Crippen LogP contribution in [0.1, 0.15) is 0 Å². The van der Waals surface area contributed by atoms with Crippen LogP contribution < -0.4 is 0 Å². The molecule has 0 aromatic rings. The second kappa shape index (κ2) is 25.0. The molecule has 0 unspecified atom stereocenters. The van der Waals surface area contributed by atoms with Crippen molar-refractivity contribution in [1.29, 1.82) is 0 Å². The molecule has 0 rings (SSSR count). The molecule has 0 spiro atoms. The fourth-order valence-electron chi connectivity index (χ4n) is 0. The maximum atomic E-state index is 7.62. The Balaban J connectivity index is -0.0000000150. The minimum Gasteiger partial charge on any atom is -0.394 e. The summed E-state index contributed by atoms with van der Waals surface area (Å²) in [5.74, 6) is 0. The maximum Gasteiger partial charge on any atom is 0.0662 e. The molecule has 0 aliphatic rings. The van der Waals surface area contributed by atoms with E-state index >= 15 is 0 Å². The first-order valence-electron chi connectivity index (χ1n) is 1.13. The zero-order chi connectivity index (χ0) is 3.41. The Kier molecular flexibility index (Phi) is 83.2. The van der Waals surface area contributed by atoms with Crippen LogP contribution in [0.2, 0.25) is 0 Å². The van der Waals surface area contributed by atoms with E-state index < -0.39 is 0 Å². The summed E-state index contributed by atoms with van der Waals surface area (Å²) in [7, 11) is 0. The molecule has 0 fully saturated rings. The van der Waals surface area contributed by atoms with Crippen molar-refractivity contribution in [2.45, 2.75) is 0 Å². The predicted molar refractivity (Wildman–Crippen MR) is 14.2 cm³/mol. The molecule has 0 amide bonds. The van der Waals surface area contributed by atoms with Gasteiger partial charge in [-0.15, -0.1) is 0 Å². The molecule has 7 heavy (non-hydrogen) atoms. The van der Waals surface area contributed by atoms with Gasteiger partial charge in [0.05, 0.1) is 13.2 Å². The van der Waals surface area contributed by atoms with Crippen molar-refractivity contribution in [1.82, 2.24) is 0 Å². The zero-order valence-electron chi connectivity index (χ0n) is 3.87. The van der Waals surface area contributed by atoms with Gasteiger partial charge < -0.3 is 10.2 Å². The fourth-order valence-corrected chi connectivity index (χ4v) is 0. The molecule has 2 nitrogen and oxygen atoms in total. The summed E-state index contributed by atoms with van der Waals surface area (Å²) >= 11 is 0. The van der Waals surface area contributed by atoms with Crippen molar-refractivity contribution in [2.24, 2.45) is 0 Å². The Morgan fingerprint density at radius 2 is 1.14 bits per heavy atom. The van der Waals surface area contributed by atoms with Gasteiger partial charge in [0.2, 0.25) is 0 Å². The molecule has 0 bridgehead atoms. The van der Waals surface area contributed by atoms with Gasteiger partial charge in [-0.05, 0) is 0 Å². The average Bonchev–Trinajstić information content (AvgIpc) is 1.37. The van der Waals surface area contributed by atoms with Crippen molar-refractivity contribution in [2.75, 3.05) is 13.2 Å². The number of hydrogen-bond donors (Lipinski definition) is 2. The summed E-state index contributed by atoms with van der Waals surface area (Å²) in [6.07, 6.45) is 0. The fraction of sp³-hybridized carbons (Fsp3) is 1.00. The van der Waals surface area contributed by atoms with Crippen molar-refractivity contribution >= 4 is 0 Å². The van der Waals surface area contributed by atoms with Crippen LogP contribution in [0.25, 0.3) is 0 Å². The minimum atomic E-state index is -0.125. The molecule has 0 aromatic carbocycles. The molecule has 0 aromatic heterocycles. The quantitative estimate of drug-likeness (QED) is 0.566. The number of hydrogen-bond acceptors (Lipinski definition) is 2. The van der Waals surface area contributed by atoms with Crippen LogP contribution in [0.3, 0.4) is 0 Å². The van der Waals surface area contributed by atoms with E-state index in [1.807, 2.05) is 0 Å². The van der Waals surface area contributed by atoms with E-state index in [9.17, 15) is 0 Å². The molecule has 0 aliphatic carbocycles. The van der Waals surface area contributed by atoms with Gasteiger partial charge >= 0.3 is 0 Å². The first kappa shape index (κ1) is 23.3. The van der Waals surface area contributed by atoms with Gasteiger partial charge in [0.25, 0.3) is 0 Å².